The van der Waals surface area contributed by atoms with Crippen molar-refractivity contribution in [3.63, 3.8) is 0 Å². The Morgan fingerprint density at radius 3 is 2.05 bits per heavy atom. The minimum atomic E-state index is 0.371. The molecule has 0 aromatic carbocycles. The molecule has 0 N–H and O–H groups in total. The average Bonchev–Trinajstić information content (AvgIpc) is 2.54. The van der Waals surface area contributed by atoms with Crippen LogP contribution < -0.4 is 0 Å². The average molecular weight is 309 g/mol. The van der Waals surface area contributed by atoms with Gasteiger partial charge in [0.2, 0.25) is 0 Å². The van der Waals surface area contributed by atoms with E-state index in [0.717, 1.165) is 24.7 Å². The largest absolute Gasteiger partial charge is 0.304 e. The van der Waals surface area contributed by atoms with Crippen molar-refractivity contribution in [3.8, 4) is 0 Å². The molecule has 0 unspecified atom stereocenters. The van der Waals surface area contributed by atoms with Crippen molar-refractivity contribution in [1.29, 1.82) is 0 Å². The lowest BCUT2D eigenvalue weighted by molar-refractivity contribution is -0.121. The van der Waals surface area contributed by atoms with Crippen molar-refractivity contribution >= 4 is 5.78 Å². The Hall–Kier alpha value is -0.410. The monoisotopic (exact) mass is 308 g/mol. The molecule has 1 saturated carbocycles. The molecule has 0 spiro atoms. The highest BCUT2D eigenvalue weighted by Crippen LogP contribution is 2.30. The van der Waals surface area contributed by atoms with Crippen LogP contribution in [0.3, 0.4) is 0 Å². The molecule has 1 heterocycles. The number of carbonyl (C=O) groups excluding carboxylic acids is 1. The van der Waals surface area contributed by atoms with Gasteiger partial charge in [-0.1, -0.05) is 13.8 Å². The van der Waals surface area contributed by atoms with Gasteiger partial charge in [-0.05, 0) is 83.5 Å². The topological polar surface area (TPSA) is 23.6 Å². The minimum absolute atomic E-state index is 0.371. The fraction of sp³-hybridized carbons (Fsp3) is 0.947. The third kappa shape index (κ3) is 5.34. The molecule has 1 aliphatic carbocycles. The highest BCUT2D eigenvalue weighted by molar-refractivity contribution is 5.78. The van der Waals surface area contributed by atoms with Gasteiger partial charge in [-0.2, -0.15) is 0 Å². The molecule has 0 aromatic heterocycles. The first-order valence-corrected chi connectivity index (χ1v) is 9.57. The van der Waals surface area contributed by atoms with Gasteiger partial charge in [-0.15, -0.1) is 0 Å². The third-order valence-corrected chi connectivity index (χ3v) is 6.06. The maximum Gasteiger partial charge on any atom is 0.132 e. The Morgan fingerprint density at radius 2 is 1.55 bits per heavy atom. The lowest BCUT2D eigenvalue weighted by Crippen LogP contribution is -2.41. The predicted molar refractivity (Wildman–Crippen MR) is 93.1 cm³/mol. The molecule has 0 aromatic rings. The summed E-state index contributed by atoms with van der Waals surface area (Å²) in [5.74, 6) is 2.53. The lowest BCUT2D eigenvalue weighted by Gasteiger charge is -2.37. The van der Waals surface area contributed by atoms with Gasteiger partial charge in [0.1, 0.15) is 5.78 Å². The summed E-state index contributed by atoms with van der Waals surface area (Å²) < 4.78 is 0. The minimum Gasteiger partial charge on any atom is -0.304 e. The molecule has 3 heteroatoms. The molecule has 1 saturated heterocycles. The van der Waals surface area contributed by atoms with Crippen molar-refractivity contribution < 1.29 is 4.79 Å². The number of rotatable bonds is 7. The van der Waals surface area contributed by atoms with Gasteiger partial charge in [-0.25, -0.2) is 0 Å². The van der Waals surface area contributed by atoms with Gasteiger partial charge < -0.3 is 9.80 Å². The zero-order valence-corrected chi connectivity index (χ0v) is 15.0. The summed E-state index contributed by atoms with van der Waals surface area (Å²) in [6, 6.07) is 0. The molecule has 0 radical (unpaired) electrons. The summed E-state index contributed by atoms with van der Waals surface area (Å²) in [5, 5.41) is 0. The van der Waals surface area contributed by atoms with E-state index in [1.807, 2.05) is 0 Å². The number of ketones is 1. The summed E-state index contributed by atoms with van der Waals surface area (Å²) in [6.45, 7) is 13.9. The van der Waals surface area contributed by atoms with Crippen molar-refractivity contribution in [3.05, 3.63) is 0 Å². The zero-order valence-electron chi connectivity index (χ0n) is 15.0. The molecule has 0 bridgehead atoms. The van der Waals surface area contributed by atoms with Gasteiger partial charge in [0.15, 0.2) is 0 Å². The molecule has 2 aliphatic rings. The van der Waals surface area contributed by atoms with Crippen LogP contribution in [0.5, 0.6) is 0 Å². The second-order valence-electron chi connectivity index (χ2n) is 7.56. The van der Waals surface area contributed by atoms with E-state index in [9.17, 15) is 4.79 Å². The Morgan fingerprint density at radius 1 is 0.955 bits per heavy atom. The molecule has 22 heavy (non-hydrogen) atoms. The van der Waals surface area contributed by atoms with Crippen molar-refractivity contribution in [2.24, 2.45) is 17.8 Å². The highest BCUT2D eigenvalue weighted by atomic mass is 16.1. The summed E-state index contributed by atoms with van der Waals surface area (Å²) in [6.07, 6.45) is 7.56. The fourth-order valence-electron chi connectivity index (χ4n) is 4.32. The van der Waals surface area contributed by atoms with Gasteiger partial charge in [-0.3, -0.25) is 4.79 Å². The lowest BCUT2D eigenvalue weighted by atomic mass is 9.80. The van der Waals surface area contributed by atoms with E-state index in [1.165, 1.54) is 65.0 Å². The van der Waals surface area contributed by atoms with Crippen molar-refractivity contribution in [1.82, 2.24) is 9.80 Å². The number of likely N-dealkylation sites (tertiary alicyclic amines) is 1. The summed E-state index contributed by atoms with van der Waals surface area (Å²) in [7, 11) is 0. The van der Waals surface area contributed by atoms with Crippen molar-refractivity contribution in [2.45, 2.75) is 59.3 Å². The quantitative estimate of drug-likeness (QED) is 0.720. The van der Waals surface area contributed by atoms with Gasteiger partial charge >= 0.3 is 0 Å². The number of hydrogen-bond donors (Lipinski definition) is 0. The van der Waals surface area contributed by atoms with E-state index >= 15 is 0 Å². The first kappa shape index (κ1) is 17.9. The molecule has 2 fully saturated rings. The zero-order chi connectivity index (χ0) is 15.9. The van der Waals surface area contributed by atoms with E-state index in [0.29, 0.717) is 11.7 Å². The Kier molecular flexibility index (Phi) is 7.36. The Labute approximate surface area is 137 Å². The normalized spacial score (nSPS) is 28.2. The van der Waals surface area contributed by atoms with Crippen LogP contribution in [0.1, 0.15) is 59.3 Å². The number of piperidine rings is 1. The first-order chi connectivity index (χ1) is 10.6. The van der Waals surface area contributed by atoms with Crippen LogP contribution in [-0.4, -0.2) is 54.9 Å². The molecule has 1 aliphatic heterocycles. The number of carbonyl (C=O) groups is 1. The van der Waals surface area contributed by atoms with Gasteiger partial charge in [0.25, 0.3) is 0 Å². The molecule has 2 rings (SSSR count). The fourth-order valence-corrected chi connectivity index (χ4v) is 4.32. The van der Waals surface area contributed by atoms with E-state index < -0.39 is 0 Å². The van der Waals surface area contributed by atoms with E-state index in [1.54, 1.807) is 6.92 Å². The van der Waals surface area contributed by atoms with Gasteiger partial charge in [0, 0.05) is 19.0 Å². The van der Waals surface area contributed by atoms with Gasteiger partial charge in [0.05, 0.1) is 0 Å². The summed E-state index contributed by atoms with van der Waals surface area (Å²) in [5.41, 5.74) is 0. The Balaban J connectivity index is 1.64. The molecular weight excluding hydrogens is 272 g/mol. The van der Waals surface area contributed by atoms with Crippen LogP contribution in [0.4, 0.5) is 0 Å². The highest BCUT2D eigenvalue weighted by Gasteiger charge is 2.27. The number of Topliss-reactive ketones (excluding diaryl/α,β-unsaturated/α-hetero) is 1. The van der Waals surface area contributed by atoms with E-state index in [2.05, 4.69) is 23.6 Å². The SMILES string of the molecule is CCN(CC)CC1CCN(CC2CCC(C(C)=O)CC2)CC1. The maximum absolute atomic E-state index is 11.5. The van der Waals surface area contributed by atoms with Crippen LogP contribution in [-0.2, 0) is 4.79 Å². The second kappa shape index (κ2) is 9.02. The van der Waals surface area contributed by atoms with E-state index in [4.69, 9.17) is 0 Å². The maximum atomic E-state index is 11.5. The second-order valence-corrected chi connectivity index (χ2v) is 7.56. The Bertz CT molecular complexity index is 324. The number of nitrogens with zero attached hydrogens (tertiary/aromatic N) is 2. The molecule has 0 amide bonds. The van der Waals surface area contributed by atoms with Crippen LogP contribution in [0.2, 0.25) is 0 Å². The third-order valence-electron chi connectivity index (χ3n) is 6.06. The smallest absolute Gasteiger partial charge is 0.132 e. The summed E-state index contributed by atoms with van der Waals surface area (Å²) in [4.78, 5) is 16.7. The standard InChI is InChI=1S/C19H36N2O/c1-4-20(5-2)14-18-10-12-21(13-11-18)15-17-6-8-19(9-7-17)16(3)22/h17-19H,4-15H2,1-3H3. The van der Waals surface area contributed by atoms with E-state index in [-0.39, 0.29) is 0 Å². The predicted octanol–water partition coefficient (Wildman–Crippen LogP) is 3.44. The molecular formula is C19H36N2O. The summed E-state index contributed by atoms with van der Waals surface area (Å²) >= 11 is 0. The molecule has 128 valence electrons. The first-order valence-electron chi connectivity index (χ1n) is 9.57. The van der Waals surface area contributed by atoms with Crippen LogP contribution in [0, 0.1) is 17.8 Å². The van der Waals surface area contributed by atoms with Crippen molar-refractivity contribution in [2.75, 3.05) is 39.3 Å². The van der Waals surface area contributed by atoms with Crippen LogP contribution in [0.15, 0.2) is 0 Å². The molecule has 0 atom stereocenters. The van der Waals surface area contributed by atoms with Crippen LogP contribution in [0.25, 0.3) is 0 Å². The van der Waals surface area contributed by atoms with Crippen LogP contribution >= 0.6 is 0 Å². The molecule has 3 nitrogen and oxygen atoms in total. The number of hydrogen-bond acceptors (Lipinski definition) is 3.